The molecular weight excluding hydrogens is 210 g/mol. The molecule has 3 unspecified atom stereocenters. The van der Waals surface area contributed by atoms with E-state index < -0.39 is 0 Å². The van der Waals surface area contributed by atoms with Gasteiger partial charge in [0.05, 0.1) is 7.11 Å². The number of ether oxygens (including phenoxy) is 1. The minimum absolute atomic E-state index is 0.619. The van der Waals surface area contributed by atoms with Crippen LogP contribution in [0.15, 0.2) is 24.3 Å². The van der Waals surface area contributed by atoms with Crippen LogP contribution in [0, 0.1) is 11.8 Å². The van der Waals surface area contributed by atoms with Crippen molar-refractivity contribution < 1.29 is 4.74 Å². The molecule has 2 heteroatoms. The molecule has 17 heavy (non-hydrogen) atoms. The summed E-state index contributed by atoms with van der Waals surface area (Å²) in [7, 11) is 1.71. The molecule has 1 aromatic carbocycles. The lowest BCUT2D eigenvalue weighted by Gasteiger charge is -2.33. The van der Waals surface area contributed by atoms with Crippen LogP contribution in [0.1, 0.15) is 33.1 Å². The van der Waals surface area contributed by atoms with Crippen LogP contribution >= 0.6 is 0 Å². The lowest BCUT2D eigenvalue weighted by molar-refractivity contribution is 0.261. The van der Waals surface area contributed by atoms with E-state index in [0.717, 1.165) is 17.6 Å². The molecule has 0 radical (unpaired) electrons. The fraction of sp³-hybridized carbons (Fsp3) is 0.600. The van der Waals surface area contributed by atoms with Gasteiger partial charge in [-0.25, -0.2) is 0 Å². The highest BCUT2D eigenvalue weighted by Gasteiger charge is 2.24. The molecule has 0 heterocycles. The van der Waals surface area contributed by atoms with Crippen molar-refractivity contribution in [1.29, 1.82) is 0 Å². The summed E-state index contributed by atoms with van der Waals surface area (Å²) in [5, 5.41) is 3.63. The first-order chi connectivity index (χ1) is 8.19. The van der Waals surface area contributed by atoms with Crippen LogP contribution in [0.5, 0.6) is 5.75 Å². The van der Waals surface area contributed by atoms with Crippen LogP contribution in [-0.2, 0) is 0 Å². The first kappa shape index (κ1) is 12.3. The maximum atomic E-state index is 5.24. The number of nitrogens with one attached hydrogen (secondary N) is 1. The summed E-state index contributed by atoms with van der Waals surface area (Å²) in [6, 6.07) is 8.83. The van der Waals surface area contributed by atoms with Gasteiger partial charge in [0.15, 0.2) is 0 Å². The number of benzene rings is 1. The van der Waals surface area contributed by atoms with Crippen LogP contribution in [0.4, 0.5) is 5.69 Å². The Morgan fingerprint density at radius 3 is 2.71 bits per heavy atom. The Hall–Kier alpha value is -1.18. The van der Waals surface area contributed by atoms with Crippen LogP contribution in [0.3, 0.4) is 0 Å². The van der Waals surface area contributed by atoms with Crippen molar-refractivity contribution >= 4 is 5.69 Å². The van der Waals surface area contributed by atoms with E-state index in [-0.39, 0.29) is 0 Å². The number of rotatable bonds is 3. The van der Waals surface area contributed by atoms with Gasteiger partial charge in [-0.2, -0.15) is 0 Å². The monoisotopic (exact) mass is 233 g/mol. The lowest BCUT2D eigenvalue weighted by Crippen LogP contribution is -2.30. The Morgan fingerprint density at radius 1 is 1.18 bits per heavy atom. The summed E-state index contributed by atoms with van der Waals surface area (Å²) < 4.78 is 5.24. The van der Waals surface area contributed by atoms with E-state index in [2.05, 4.69) is 31.3 Å². The van der Waals surface area contributed by atoms with E-state index in [1.54, 1.807) is 7.11 Å². The molecule has 2 nitrogen and oxygen atoms in total. The molecular formula is C15H23NO. The molecule has 1 saturated carbocycles. The quantitative estimate of drug-likeness (QED) is 0.854. The third-order valence-electron chi connectivity index (χ3n) is 4.04. The van der Waals surface area contributed by atoms with Gasteiger partial charge in [0.2, 0.25) is 0 Å². The van der Waals surface area contributed by atoms with Crippen molar-refractivity contribution in [3.8, 4) is 5.75 Å². The predicted octanol–water partition coefficient (Wildman–Crippen LogP) is 3.93. The normalized spacial score (nSPS) is 28.8. The third kappa shape index (κ3) is 3.15. The van der Waals surface area contributed by atoms with Gasteiger partial charge in [-0.05, 0) is 43.2 Å². The third-order valence-corrected chi connectivity index (χ3v) is 4.04. The first-order valence-electron chi connectivity index (χ1n) is 6.59. The van der Waals surface area contributed by atoms with Gasteiger partial charge in [0.1, 0.15) is 5.75 Å². The van der Waals surface area contributed by atoms with E-state index in [9.17, 15) is 0 Å². The Bertz CT molecular complexity index is 364. The Kier molecular flexibility index (Phi) is 3.93. The molecule has 1 N–H and O–H groups in total. The van der Waals surface area contributed by atoms with Crippen molar-refractivity contribution in [2.45, 2.75) is 39.2 Å². The molecule has 0 aliphatic heterocycles. The topological polar surface area (TPSA) is 21.3 Å². The number of hydrogen-bond donors (Lipinski definition) is 1. The second kappa shape index (κ2) is 5.44. The molecule has 0 amide bonds. The average molecular weight is 233 g/mol. The fourth-order valence-electron chi connectivity index (χ4n) is 2.63. The van der Waals surface area contributed by atoms with Gasteiger partial charge in [0.25, 0.3) is 0 Å². The standard InChI is InChI=1S/C15H23NO/c1-11-7-8-14(9-12(11)2)16-13-5-4-6-15(10-13)17-3/h4-6,10-12,14,16H,7-9H2,1-3H3. The van der Waals surface area contributed by atoms with Gasteiger partial charge in [0, 0.05) is 17.8 Å². The number of hydrogen-bond acceptors (Lipinski definition) is 2. The maximum Gasteiger partial charge on any atom is 0.120 e. The average Bonchev–Trinajstić information content (AvgIpc) is 2.34. The molecule has 1 fully saturated rings. The van der Waals surface area contributed by atoms with Gasteiger partial charge >= 0.3 is 0 Å². The summed E-state index contributed by atoms with van der Waals surface area (Å²) in [5.41, 5.74) is 1.18. The predicted molar refractivity (Wildman–Crippen MR) is 72.6 cm³/mol. The highest BCUT2D eigenvalue weighted by Crippen LogP contribution is 2.31. The van der Waals surface area contributed by atoms with Crippen molar-refractivity contribution in [2.75, 3.05) is 12.4 Å². The molecule has 94 valence electrons. The number of methoxy groups -OCH3 is 1. The van der Waals surface area contributed by atoms with E-state index in [0.29, 0.717) is 6.04 Å². The summed E-state index contributed by atoms with van der Waals surface area (Å²) in [6.45, 7) is 4.73. The zero-order chi connectivity index (χ0) is 12.3. The zero-order valence-electron chi connectivity index (χ0n) is 11.1. The highest BCUT2D eigenvalue weighted by atomic mass is 16.5. The molecule has 2 rings (SSSR count). The Labute approximate surface area is 104 Å². The molecule has 3 atom stereocenters. The molecule has 0 aromatic heterocycles. The summed E-state index contributed by atoms with van der Waals surface area (Å²) >= 11 is 0. The van der Waals surface area contributed by atoms with E-state index in [1.807, 2.05) is 12.1 Å². The second-order valence-electron chi connectivity index (χ2n) is 5.34. The minimum atomic E-state index is 0.619. The summed E-state index contributed by atoms with van der Waals surface area (Å²) in [5.74, 6) is 2.62. The summed E-state index contributed by atoms with van der Waals surface area (Å²) in [6.07, 6.45) is 3.89. The molecule has 1 aliphatic carbocycles. The second-order valence-corrected chi connectivity index (χ2v) is 5.34. The van der Waals surface area contributed by atoms with Gasteiger partial charge < -0.3 is 10.1 Å². The van der Waals surface area contributed by atoms with Crippen molar-refractivity contribution in [3.63, 3.8) is 0 Å². The Morgan fingerprint density at radius 2 is 2.00 bits per heavy atom. The molecule has 0 spiro atoms. The number of anilines is 1. The van der Waals surface area contributed by atoms with Crippen molar-refractivity contribution in [2.24, 2.45) is 11.8 Å². The first-order valence-corrected chi connectivity index (χ1v) is 6.59. The molecule has 1 aromatic rings. The van der Waals surface area contributed by atoms with E-state index in [4.69, 9.17) is 4.74 Å². The van der Waals surface area contributed by atoms with Crippen LogP contribution in [0.2, 0.25) is 0 Å². The molecule has 0 saturated heterocycles. The Balaban J connectivity index is 1.96. The SMILES string of the molecule is COc1cccc(NC2CCC(C)C(C)C2)c1. The maximum absolute atomic E-state index is 5.24. The fourth-order valence-corrected chi connectivity index (χ4v) is 2.63. The minimum Gasteiger partial charge on any atom is -0.497 e. The molecule has 1 aliphatic rings. The van der Waals surface area contributed by atoms with Gasteiger partial charge in [-0.1, -0.05) is 19.9 Å². The van der Waals surface area contributed by atoms with Gasteiger partial charge in [-0.15, -0.1) is 0 Å². The largest absolute Gasteiger partial charge is 0.497 e. The van der Waals surface area contributed by atoms with Crippen LogP contribution in [0.25, 0.3) is 0 Å². The van der Waals surface area contributed by atoms with E-state index >= 15 is 0 Å². The van der Waals surface area contributed by atoms with Gasteiger partial charge in [-0.3, -0.25) is 0 Å². The van der Waals surface area contributed by atoms with E-state index in [1.165, 1.54) is 24.9 Å². The van der Waals surface area contributed by atoms with Crippen LogP contribution in [-0.4, -0.2) is 13.2 Å². The summed E-state index contributed by atoms with van der Waals surface area (Å²) in [4.78, 5) is 0. The molecule has 0 bridgehead atoms. The lowest BCUT2D eigenvalue weighted by atomic mass is 9.79. The van der Waals surface area contributed by atoms with Crippen LogP contribution < -0.4 is 10.1 Å². The van der Waals surface area contributed by atoms with Crippen molar-refractivity contribution in [1.82, 2.24) is 0 Å². The van der Waals surface area contributed by atoms with Crippen molar-refractivity contribution in [3.05, 3.63) is 24.3 Å². The zero-order valence-corrected chi connectivity index (χ0v) is 11.1. The highest BCUT2D eigenvalue weighted by molar-refractivity contribution is 5.48. The smallest absolute Gasteiger partial charge is 0.120 e.